The number of cyclic esters (lactones) is 1. The minimum atomic E-state index is -0.122. The minimum absolute atomic E-state index is 0.122. The number of carbonyl (C=O) groups is 2. The summed E-state index contributed by atoms with van der Waals surface area (Å²) in [7, 11) is 0. The maximum atomic E-state index is 11.8. The first kappa shape index (κ1) is 13.4. The van der Waals surface area contributed by atoms with Crippen molar-refractivity contribution < 1.29 is 14.3 Å². The predicted octanol–water partition coefficient (Wildman–Crippen LogP) is 1.88. The Kier molecular flexibility index (Phi) is 4.25. The number of esters is 1. The topological polar surface area (TPSA) is 55.4 Å². The molecule has 4 atom stereocenters. The van der Waals surface area contributed by atoms with Gasteiger partial charge in [-0.1, -0.05) is 13.8 Å². The van der Waals surface area contributed by atoms with Crippen molar-refractivity contribution in [3.63, 3.8) is 0 Å². The molecule has 18 heavy (non-hydrogen) atoms. The Balaban J connectivity index is 2.06. The maximum absolute atomic E-state index is 11.8. The van der Waals surface area contributed by atoms with Crippen LogP contribution in [0.1, 0.15) is 46.0 Å². The molecule has 102 valence electrons. The normalized spacial score (nSPS) is 38.3. The molecule has 0 saturated carbocycles. The Morgan fingerprint density at radius 3 is 2.72 bits per heavy atom. The van der Waals surface area contributed by atoms with Crippen molar-refractivity contribution in [1.82, 2.24) is 5.32 Å². The van der Waals surface area contributed by atoms with Crippen molar-refractivity contribution in [2.45, 2.75) is 52.0 Å². The summed E-state index contributed by atoms with van der Waals surface area (Å²) in [4.78, 5) is 23.2. The van der Waals surface area contributed by atoms with Crippen LogP contribution in [0.25, 0.3) is 0 Å². The molecule has 0 aliphatic carbocycles. The summed E-state index contributed by atoms with van der Waals surface area (Å²) in [6.45, 7) is 4.89. The molecule has 2 rings (SSSR count). The highest BCUT2D eigenvalue weighted by molar-refractivity contribution is 5.76. The van der Waals surface area contributed by atoms with Crippen LogP contribution >= 0.6 is 0 Å². The maximum Gasteiger partial charge on any atom is 0.306 e. The molecule has 1 N–H and O–H groups in total. The number of nitrogens with one attached hydrogen (secondary N) is 1. The lowest BCUT2D eigenvalue weighted by Crippen LogP contribution is -2.48. The average Bonchev–Trinajstić information content (AvgIpc) is 2.32. The molecule has 0 aromatic rings. The van der Waals surface area contributed by atoms with Crippen molar-refractivity contribution in [3.8, 4) is 0 Å². The Morgan fingerprint density at radius 1 is 1.22 bits per heavy atom. The fraction of sp³-hybridized carbons (Fsp3) is 0.857. The van der Waals surface area contributed by atoms with E-state index >= 15 is 0 Å². The molecule has 2 heterocycles. The van der Waals surface area contributed by atoms with Gasteiger partial charge in [0, 0.05) is 12.5 Å². The molecule has 2 aliphatic rings. The summed E-state index contributed by atoms with van der Waals surface area (Å²) in [6, 6.07) is 0.132. The van der Waals surface area contributed by atoms with Crippen molar-refractivity contribution in [1.29, 1.82) is 0 Å². The van der Waals surface area contributed by atoms with Gasteiger partial charge in [-0.3, -0.25) is 9.59 Å². The smallest absolute Gasteiger partial charge is 0.306 e. The Hall–Kier alpha value is -1.06. The van der Waals surface area contributed by atoms with Gasteiger partial charge in [0.05, 0.1) is 13.0 Å². The molecular formula is C14H23NO3. The molecule has 0 spiro atoms. The van der Waals surface area contributed by atoms with E-state index in [1.807, 2.05) is 0 Å². The van der Waals surface area contributed by atoms with Crippen LogP contribution < -0.4 is 5.32 Å². The Labute approximate surface area is 108 Å². The number of ether oxygens (including phenoxy) is 1. The van der Waals surface area contributed by atoms with Crippen molar-refractivity contribution in [3.05, 3.63) is 0 Å². The quantitative estimate of drug-likeness (QED) is 0.726. The first-order valence-corrected chi connectivity index (χ1v) is 7.01. The second kappa shape index (κ2) is 5.72. The zero-order valence-electron chi connectivity index (χ0n) is 11.3. The molecule has 1 amide bonds. The van der Waals surface area contributed by atoms with E-state index in [-0.39, 0.29) is 23.8 Å². The van der Waals surface area contributed by atoms with Gasteiger partial charge in [-0.25, -0.2) is 0 Å². The van der Waals surface area contributed by atoms with Crippen LogP contribution in [0.3, 0.4) is 0 Å². The van der Waals surface area contributed by atoms with Crippen LogP contribution in [-0.2, 0) is 14.3 Å². The summed E-state index contributed by atoms with van der Waals surface area (Å²) in [5.74, 6) is 1.28. The summed E-state index contributed by atoms with van der Waals surface area (Å²) >= 11 is 0. The number of carbonyl (C=O) groups excluding carboxylic acids is 2. The molecule has 2 saturated heterocycles. The van der Waals surface area contributed by atoms with Crippen LogP contribution in [0, 0.1) is 17.8 Å². The number of hydrogen-bond donors (Lipinski definition) is 1. The lowest BCUT2D eigenvalue weighted by atomic mass is 9.78. The molecule has 4 heteroatoms. The van der Waals surface area contributed by atoms with Crippen molar-refractivity contribution in [2.24, 2.45) is 17.8 Å². The van der Waals surface area contributed by atoms with Gasteiger partial charge in [0.25, 0.3) is 0 Å². The van der Waals surface area contributed by atoms with Crippen LogP contribution in [0.15, 0.2) is 0 Å². The average molecular weight is 253 g/mol. The molecule has 0 aromatic heterocycles. The van der Waals surface area contributed by atoms with Gasteiger partial charge in [-0.05, 0) is 37.0 Å². The molecule has 0 radical (unpaired) electrons. The van der Waals surface area contributed by atoms with E-state index in [0.717, 1.165) is 19.3 Å². The van der Waals surface area contributed by atoms with Crippen molar-refractivity contribution >= 4 is 11.9 Å². The van der Waals surface area contributed by atoms with Crippen LogP contribution in [-0.4, -0.2) is 24.5 Å². The summed E-state index contributed by atoms with van der Waals surface area (Å²) in [5.41, 5.74) is 0. The van der Waals surface area contributed by atoms with E-state index in [4.69, 9.17) is 4.74 Å². The monoisotopic (exact) mass is 253 g/mol. The largest absolute Gasteiger partial charge is 0.466 e. The van der Waals surface area contributed by atoms with Gasteiger partial charge in [0.1, 0.15) is 0 Å². The highest BCUT2D eigenvalue weighted by atomic mass is 16.5. The van der Waals surface area contributed by atoms with Gasteiger partial charge in [-0.2, -0.15) is 0 Å². The van der Waals surface area contributed by atoms with E-state index in [1.165, 1.54) is 0 Å². The molecule has 2 fully saturated rings. The highest BCUT2D eigenvalue weighted by Crippen LogP contribution is 2.30. The molecule has 4 nitrogen and oxygen atoms in total. The van der Waals surface area contributed by atoms with Crippen LogP contribution in [0.2, 0.25) is 0 Å². The number of amides is 1. The third kappa shape index (κ3) is 3.24. The molecule has 0 bridgehead atoms. The standard InChI is InChI=1S/C14H23NO3/c1-9-3-4-12(16)15-14(10(2)7-9)11-5-6-18-13(17)8-11/h9-11,14H,3-8H2,1-2H3,(H,15,16). The van der Waals surface area contributed by atoms with E-state index in [2.05, 4.69) is 19.2 Å². The zero-order chi connectivity index (χ0) is 13.1. The van der Waals surface area contributed by atoms with Gasteiger partial charge in [-0.15, -0.1) is 0 Å². The van der Waals surface area contributed by atoms with E-state index in [1.54, 1.807) is 0 Å². The SMILES string of the molecule is CC1CCC(=O)NC(C2CCOC(=O)C2)C(C)C1. The third-order valence-electron chi connectivity index (χ3n) is 4.27. The number of rotatable bonds is 1. The van der Waals surface area contributed by atoms with E-state index < -0.39 is 0 Å². The summed E-state index contributed by atoms with van der Waals surface area (Å²) in [6.07, 6.45) is 4.02. The Bertz CT molecular complexity index is 329. The molecule has 2 aliphatic heterocycles. The summed E-state index contributed by atoms with van der Waals surface area (Å²) < 4.78 is 4.99. The summed E-state index contributed by atoms with van der Waals surface area (Å²) in [5, 5.41) is 3.13. The van der Waals surface area contributed by atoms with Gasteiger partial charge >= 0.3 is 5.97 Å². The highest BCUT2D eigenvalue weighted by Gasteiger charge is 2.34. The first-order chi connectivity index (χ1) is 8.56. The lowest BCUT2D eigenvalue weighted by Gasteiger charge is -2.36. The second-order valence-corrected chi connectivity index (χ2v) is 5.92. The lowest BCUT2D eigenvalue weighted by molar-refractivity contribution is -0.150. The Morgan fingerprint density at radius 2 is 2.00 bits per heavy atom. The fourth-order valence-electron chi connectivity index (χ4n) is 3.27. The molecule has 0 aromatic carbocycles. The minimum Gasteiger partial charge on any atom is -0.466 e. The van der Waals surface area contributed by atoms with Gasteiger partial charge in [0.15, 0.2) is 0 Å². The zero-order valence-corrected chi connectivity index (χ0v) is 11.3. The van der Waals surface area contributed by atoms with Gasteiger partial charge < -0.3 is 10.1 Å². The third-order valence-corrected chi connectivity index (χ3v) is 4.27. The van der Waals surface area contributed by atoms with Crippen LogP contribution in [0.4, 0.5) is 0 Å². The van der Waals surface area contributed by atoms with E-state index in [0.29, 0.717) is 31.3 Å². The van der Waals surface area contributed by atoms with Crippen molar-refractivity contribution in [2.75, 3.05) is 6.61 Å². The fourth-order valence-corrected chi connectivity index (χ4v) is 3.27. The number of hydrogen-bond acceptors (Lipinski definition) is 3. The van der Waals surface area contributed by atoms with Crippen LogP contribution in [0.5, 0.6) is 0 Å². The second-order valence-electron chi connectivity index (χ2n) is 5.92. The molecular weight excluding hydrogens is 230 g/mol. The predicted molar refractivity (Wildman–Crippen MR) is 67.8 cm³/mol. The van der Waals surface area contributed by atoms with E-state index in [9.17, 15) is 9.59 Å². The first-order valence-electron chi connectivity index (χ1n) is 7.01. The van der Waals surface area contributed by atoms with Gasteiger partial charge in [0.2, 0.25) is 5.91 Å². The molecule has 4 unspecified atom stereocenters.